The molecule has 5 heteroatoms. The zero-order valence-corrected chi connectivity index (χ0v) is 14.0. The average Bonchev–Trinajstić information content (AvgIpc) is 2.89. The average molecular weight is 333 g/mol. The van der Waals surface area contributed by atoms with Crippen molar-refractivity contribution in [2.45, 2.75) is 39.2 Å². The molecule has 23 heavy (non-hydrogen) atoms. The Hall–Kier alpha value is -2.07. The maximum Gasteiger partial charge on any atom is 0.307 e. The van der Waals surface area contributed by atoms with E-state index in [2.05, 4.69) is 16.5 Å². The van der Waals surface area contributed by atoms with Gasteiger partial charge < -0.3 is 9.67 Å². The van der Waals surface area contributed by atoms with Crippen LogP contribution in [0.3, 0.4) is 0 Å². The fourth-order valence-corrected chi connectivity index (χ4v) is 2.55. The van der Waals surface area contributed by atoms with Crippen LogP contribution in [0.5, 0.6) is 0 Å². The Morgan fingerprint density at radius 1 is 1.39 bits per heavy atom. The number of benzene rings is 1. The van der Waals surface area contributed by atoms with E-state index in [1.165, 1.54) is 0 Å². The van der Waals surface area contributed by atoms with E-state index >= 15 is 0 Å². The maximum absolute atomic E-state index is 10.7. The molecule has 1 heterocycles. The highest BCUT2D eigenvalue weighted by atomic mass is 35.5. The van der Waals surface area contributed by atoms with Crippen LogP contribution in [0.25, 0.3) is 6.08 Å². The number of halogens is 1. The fraction of sp³-hybridized carbons (Fsp3) is 0.333. The smallest absolute Gasteiger partial charge is 0.307 e. The number of carboxylic acid groups (broad SMARTS) is 1. The summed E-state index contributed by atoms with van der Waals surface area (Å²) in [6.45, 7) is 2.78. The number of nitrogens with zero attached hydrogens (tertiary/aromatic N) is 2. The Balaban J connectivity index is 2.28. The van der Waals surface area contributed by atoms with E-state index in [9.17, 15) is 4.79 Å². The quantitative estimate of drug-likeness (QED) is 0.778. The molecule has 0 bridgehead atoms. The largest absolute Gasteiger partial charge is 0.481 e. The van der Waals surface area contributed by atoms with Crippen LogP contribution in [0, 0.1) is 0 Å². The van der Waals surface area contributed by atoms with Crippen molar-refractivity contribution < 1.29 is 9.90 Å². The second-order valence-corrected chi connectivity index (χ2v) is 5.79. The van der Waals surface area contributed by atoms with E-state index in [1.54, 1.807) is 12.3 Å². The molecule has 0 aliphatic rings. The molecule has 2 rings (SSSR count). The summed E-state index contributed by atoms with van der Waals surface area (Å²) in [5.74, 6) is 0.159. The van der Waals surface area contributed by atoms with Crippen LogP contribution in [-0.4, -0.2) is 20.6 Å². The number of aromatic nitrogens is 2. The van der Waals surface area contributed by atoms with Crippen molar-refractivity contribution >= 4 is 23.6 Å². The third-order valence-electron chi connectivity index (χ3n) is 3.59. The summed E-state index contributed by atoms with van der Waals surface area (Å²) >= 11 is 6.27. The van der Waals surface area contributed by atoms with E-state index in [-0.39, 0.29) is 6.42 Å². The number of imidazole rings is 1. The number of hydrogen-bond acceptors (Lipinski definition) is 2. The van der Waals surface area contributed by atoms with E-state index in [1.807, 2.05) is 30.3 Å². The number of unbranched alkanes of at least 4 members (excludes halogenated alkanes) is 1. The SMILES string of the molecule is CCCCc1ncc(C=CCC(=O)O)n1Cc1ccccc1Cl. The lowest BCUT2D eigenvalue weighted by atomic mass is 10.2. The number of rotatable bonds is 8. The van der Waals surface area contributed by atoms with Crippen LogP contribution in [0.15, 0.2) is 36.5 Å². The summed E-state index contributed by atoms with van der Waals surface area (Å²) < 4.78 is 2.11. The van der Waals surface area contributed by atoms with E-state index in [0.29, 0.717) is 6.54 Å². The molecule has 1 aromatic carbocycles. The van der Waals surface area contributed by atoms with Crippen molar-refractivity contribution in [1.82, 2.24) is 9.55 Å². The molecule has 2 aromatic rings. The Kier molecular flexibility index (Phi) is 6.41. The van der Waals surface area contributed by atoms with Gasteiger partial charge in [-0.2, -0.15) is 0 Å². The van der Waals surface area contributed by atoms with Crippen molar-refractivity contribution in [3.8, 4) is 0 Å². The lowest BCUT2D eigenvalue weighted by Crippen LogP contribution is -2.07. The first kappa shape index (κ1) is 17.3. The molecule has 0 aliphatic carbocycles. The van der Waals surface area contributed by atoms with Crippen LogP contribution in [0.4, 0.5) is 0 Å². The molecule has 0 aliphatic heterocycles. The van der Waals surface area contributed by atoms with Gasteiger partial charge in [-0.3, -0.25) is 4.79 Å². The van der Waals surface area contributed by atoms with Crippen LogP contribution in [0.1, 0.15) is 43.3 Å². The Bertz CT molecular complexity index is 692. The van der Waals surface area contributed by atoms with Crippen molar-refractivity contribution in [2.24, 2.45) is 0 Å². The molecule has 4 nitrogen and oxygen atoms in total. The van der Waals surface area contributed by atoms with Gasteiger partial charge >= 0.3 is 5.97 Å². The molecule has 0 amide bonds. The molecule has 0 saturated carbocycles. The summed E-state index contributed by atoms with van der Waals surface area (Å²) in [7, 11) is 0. The molecule has 0 fully saturated rings. The van der Waals surface area contributed by atoms with Gasteiger partial charge in [0.2, 0.25) is 0 Å². The zero-order chi connectivity index (χ0) is 16.7. The minimum absolute atomic E-state index is 0.00155. The minimum Gasteiger partial charge on any atom is -0.481 e. The van der Waals surface area contributed by atoms with Crippen molar-refractivity contribution in [1.29, 1.82) is 0 Å². The second kappa shape index (κ2) is 8.53. The predicted octanol–water partition coefficient (Wildman–Crippen LogP) is 4.42. The van der Waals surface area contributed by atoms with Crippen LogP contribution in [0.2, 0.25) is 5.02 Å². The molecule has 122 valence electrons. The van der Waals surface area contributed by atoms with Gasteiger partial charge in [0.25, 0.3) is 0 Å². The van der Waals surface area contributed by atoms with Gasteiger partial charge in [-0.05, 0) is 24.1 Å². The molecular weight excluding hydrogens is 312 g/mol. The van der Waals surface area contributed by atoms with Crippen molar-refractivity contribution in [3.63, 3.8) is 0 Å². The normalized spacial score (nSPS) is 11.2. The molecule has 0 atom stereocenters. The molecule has 0 saturated heterocycles. The lowest BCUT2D eigenvalue weighted by molar-refractivity contribution is -0.135. The van der Waals surface area contributed by atoms with E-state index < -0.39 is 5.97 Å². The maximum atomic E-state index is 10.7. The molecule has 0 spiro atoms. The minimum atomic E-state index is -0.843. The highest BCUT2D eigenvalue weighted by Gasteiger charge is 2.10. The fourth-order valence-electron chi connectivity index (χ4n) is 2.36. The first-order chi connectivity index (χ1) is 11.1. The van der Waals surface area contributed by atoms with Gasteiger partial charge in [0.15, 0.2) is 0 Å². The zero-order valence-electron chi connectivity index (χ0n) is 13.2. The number of hydrogen-bond donors (Lipinski definition) is 1. The van der Waals surface area contributed by atoms with Gasteiger partial charge in [-0.25, -0.2) is 4.98 Å². The summed E-state index contributed by atoms with van der Waals surface area (Å²) in [5.41, 5.74) is 1.93. The number of carbonyl (C=O) groups is 1. The Morgan fingerprint density at radius 3 is 2.87 bits per heavy atom. The Labute approximate surface area is 141 Å². The first-order valence-corrected chi connectivity index (χ1v) is 8.15. The molecule has 0 radical (unpaired) electrons. The van der Waals surface area contributed by atoms with Gasteiger partial charge in [0, 0.05) is 11.4 Å². The monoisotopic (exact) mass is 332 g/mol. The number of carboxylic acids is 1. The van der Waals surface area contributed by atoms with Crippen LogP contribution < -0.4 is 0 Å². The molecule has 1 aromatic heterocycles. The highest BCUT2D eigenvalue weighted by molar-refractivity contribution is 6.31. The summed E-state index contributed by atoms with van der Waals surface area (Å²) in [4.78, 5) is 15.2. The van der Waals surface area contributed by atoms with Crippen LogP contribution in [-0.2, 0) is 17.8 Å². The summed E-state index contributed by atoms with van der Waals surface area (Å²) in [6.07, 6.45) is 8.32. The van der Waals surface area contributed by atoms with Gasteiger partial charge in [-0.1, -0.05) is 49.2 Å². The third-order valence-corrected chi connectivity index (χ3v) is 3.96. The topological polar surface area (TPSA) is 55.1 Å². The van der Waals surface area contributed by atoms with Gasteiger partial charge in [0.05, 0.1) is 24.9 Å². The molecule has 0 unspecified atom stereocenters. The molecular formula is C18H21ClN2O2. The van der Waals surface area contributed by atoms with Gasteiger partial charge in [0.1, 0.15) is 5.82 Å². The van der Waals surface area contributed by atoms with Crippen LogP contribution >= 0.6 is 11.6 Å². The molecule has 1 N–H and O–H groups in total. The van der Waals surface area contributed by atoms with E-state index in [0.717, 1.165) is 41.4 Å². The van der Waals surface area contributed by atoms with E-state index in [4.69, 9.17) is 16.7 Å². The number of aryl methyl sites for hydroxylation is 1. The summed E-state index contributed by atoms with van der Waals surface area (Å²) in [6, 6.07) is 7.74. The van der Waals surface area contributed by atoms with Gasteiger partial charge in [-0.15, -0.1) is 0 Å². The second-order valence-electron chi connectivity index (χ2n) is 5.38. The first-order valence-electron chi connectivity index (χ1n) is 7.78. The van der Waals surface area contributed by atoms with Crippen molar-refractivity contribution in [2.75, 3.05) is 0 Å². The predicted molar refractivity (Wildman–Crippen MR) is 92.7 cm³/mol. The lowest BCUT2D eigenvalue weighted by Gasteiger charge is -2.11. The standard InChI is InChI=1S/C18H21ClN2O2/c1-2-3-10-17-20-12-15(8-6-11-18(22)23)21(17)13-14-7-4-5-9-16(14)19/h4-9,12H,2-3,10-11,13H2,1H3,(H,22,23). The van der Waals surface area contributed by atoms with Crippen molar-refractivity contribution in [3.05, 3.63) is 58.6 Å². The highest BCUT2D eigenvalue weighted by Crippen LogP contribution is 2.19. The number of aliphatic carboxylic acids is 1. The third kappa shape index (κ3) is 4.96. The summed E-state index contributed by atoms with van der Waals surface area (Å²) in [5, 5.41) is 9.49. The Morgan fingerprint density at radius 2 is 2.17 bits per heavy atom.